The minimum atomic E-state index is -1.20. The Bertz CT molecular complexity index is 533. The van der Waals surface area contributed by atoms with Crippen molar-refractivity contribution in [3.05, 3.63) is 0 Å². The molecule has 9 heteroatoms. The number of nitrogens with one attached hydrogen (secondary N) is 1. The van der Waals surface area contributed by atoms with Gasteiger partial charge in [0, 0.05) is 12.8 Å². The minimum Gasteiger partial charge on any atom is -0.481 e. The molecule has 0 heterocycles. The number of carboxylic acids is 1. The first kappa shape index (κ1) is 24.9. The molecule has 0 saturated heterocycles. The fraction of sp³-hybridized carbons (Fsp3) is 0.722. The summed E-state index contributed by atoms with van der Waals surface area (Å²) in [7, 11) is 0. The van der Waals surface area contributed by atoms with Crippen molar-refractivity contribution in [3.63, 3.8) is 0 Å². The molecule has 6 N–H and O–H groups in total. The Morgan fingerprint density at radius 3 is 2.11 bits per heavy atom. The van der Waals surface area contributed by atoms with Crippen molar-refractivity contribution in [2.24, 2.45) is 17.4 Å². The van der Waals surface area contributed by atoms with Gasteiger partial charge < -0.3 is 26.7 Å². The molecule has 154 valence electrons. The molecule has 27 heavy (non-hydrogen) atoms. The highest BCUT2D eigenvalue weighted by Crippen LogP contribution is 2.13. The van der Waals surface area contributed by atoms with Crippen molar-refractivity contribution in [3.8, 4) is 0 Å². The number of carbonyl (C=O) groups is 5. The van der Waals surface area contributed by atoms with E-state index in [1.54, 1.807) is 0 Å². The minimum absolute atomic E-state index is 0.0185. The largest absolute Gasteiger partial charge is 0.481 e. The standard InChI is InChI=1S/C18H31N3O6/c1-11(22)9-13(10-17(25)26)18(27)21-15(5-3-4-8-19)16(24)7-6-14(20)12(2)23/h13-15H,3-10,19-20H2,1-2H3,(H,21,27)(H,25,26)/t13-,14-,15?/m0/s1. The number of hydrogen-bond donors (Lipinski definition) is 4. The van der Waals surface area contributed by atoms with Crippen LogP contribution in [0.1, 0.15) is 58.8 Å². The van der Waals surface area contributed by atoms with E-state index in [2.05, 4.69) is 5.32 Å². The van der Waals surface area contributed by atoms with E-state index >= 15 is 0 Å². The second-order valence-electron chi connectivity index (χ2n) is 6.77. The molecule has 0 aliphatic carbocycles. The van der Waals surface area contributed by atoms with Gasteiger partial charge in [-0.3, -0.25) is 19.2 Å². The molecule has 0 saturated carbocycles. The van der Waals surface area contributed by atoms with E-state index in [0.29, 0.717) is 25.8 Å². The predicted molar refractivity (Wildman–Crippen MR) is 98.8 cm³/mol. The van der Waals surface area contributed by atoms with Crippen LogP contribution in [0.2, 0.25) is 0 Å². The van der Waals surface area contributed by atoms with Gasteiger partial charge in [-0.2, -0.15) is 0 Å². The van der Waals surface area contributed by atoms with Gasteiger partial charge in [-0.1, -0.05) is 0 Å². The number of rotatable bonds is 15. The molecule has 0 bridgehead atoms. The molecule has 0 aromatic carbocycles. The van der Waals surface area contributed by atoms with Crippen molar-refractivity contribution in [1.82, 2.24) is 5.32 Å². The highest BCUT2D eigenvalue weighted by atomic mass is 16.4. The Morgan fingerprint density at radius 2 is 1.63 bits per heavy atom. The lowest BCUT2D eigenvalue weighted by atomic mass is 9.95. The third kappa shape index (κ3) is 11.2. The number of Topliss-reactive ketones (excluding diaryl/α,β-unsaturated/α-hetero) is 3. The average molecular weight is 385 g/mol. The van der Waals surface area contributed by atoms with Crippen LogP contribution < -0.4 is 16.8 Å². The quantitative estimate of drug-likeness (QED) is 0.284. The van der Waals surface area contributed by atoms with Crippen LogP contribution in [0, 0.1) is 5.92 Å². The van der Waals surface area contributed by atoms with E-state index < -0.39 is 36.3 Å². The normalized spacial score (nSPS) is 14.1. The van der Waals surface area contributed by atoms with E-state index in [9.17, 15) is 24.0 Å². The summed E-state index contributed by atoms with van der Waals surface area (Å²) in [5.41, 5.74) is 11.1. The van der Waals surface area contributed by atoms with Crippen molar-refractivity contribution in [2.75, 3.05) is 6.54 Å². The fourth-order valence-corrected chi connectivity index (χ4v) is 2.59. The maximum atomic E-state index is 12.5. The number of carbonyl (C=O) groups excluding carboxylic acids is 4. The summed E-state index contributed by atoms with van der Waals surface area (Å²) < 4.78 is 0. The number of aliphatic carboxylic acids is 1. The Labute approximate surface area is 159 Å². The van der Waals surface area contributed by atoms with Gasteiger partial charge in [-0.15, -0.1) is 0 Å². The zero-order chi connectivity index (χ0) is 21.0. The maximum absolute atomic E-state index is 12.5. The first-order valence-corrected chi connectivity index (χ1v) is 9.08. The van der Waals surface area contributed by atoms with Crippen LogP contribution in [0.15, 0.2) is 0 Å². The smallest absolute Gasteiger partial charge is 0.304 e. The summed E-state index contributed by atoms with van der Waals surface area (Å²) in [5.74, 6) is -3.70. The summed E-state index contributed by atoms with van der Waals surface area (Å²) in [6.07, 6.45) is 1.09. The lowest BCUT2D eigenvalue weighted by Crippen LogP contribution is -2.45. The molecule has 0 aromatic rings. The second-order valence-corrected chi connectivity index (χ2v) is 6.77. The van der Waals surface area contributed by atoms with Gasteiger partial charge in [-0.25, -0.2) is 0 Å². The van der Waals surface area contributed by atoms with Crippen molar-refractivity contribution >= 4 is 29.2 Å². The fourth-order valence-electron chi connectivity index (χ4n) is 2.59. The predicted octanol–water partition coefficient (Wildman–Crippen LogP) is -0.0642. The topological polar surface area (TPSA) is 170 Å². The molecule has 0 fully saturated rings. The van der Waals surface area contributed by atoms with Crippen molar-refractivity contribution in [1.29, 1.82) is 0 Å². The van der Waals surface area contributed by atoms with Crippen molar-refractivity contribution < 1.29 is 29.1 Å². The summed E-state index contributed by atoms with van der Waals surface area (Å²) in [5, 5.41) is 11.5. The van der Waals surface area contributed by atoms with E-state index in [1.165, 1.54) is 13.8 Å². The third-order valence-electron chi connectivity index (χ3n) is 4.20. The Hall–Kier alpha value is -2.13. The monoisotopic (exact) mass is 385 g/mol. The van der Waals surface area contributed by atoms with E-state index in [0.717, 1.165) is 0 Å². The van der Waals surface area contributed by atoms with Gasteiger partial charge in [0.15, 0.2) is 5.78 Å². The molecule has 0 aliphatic rings. The third-order valence-corrected chi connectivity index (χ3v) is 4.20. The van der Waals surface area contributed by atoms with Crippen LogP contribution in [0.25, 0.3) is 0 Å². The molecular formula is C18H31N3O6. The molecule has 0 spiro atoms. The Balaban J connectivity index is 5.04. The maximum Gasteiger partial charge on any atom is 0.304 e. The number of ketones is 3. The van der Waals surface area contributed by atoms with Gasteiger partial charge in [-0.05, 0) is 46.1 Å². The zero-order valence-electron chi connectivity index (χ0n) is 16.0. The molecule has 0 rings (SSSR count). The van der Waals surface area contributed by atoms with Gasteiger partial charge in [0.05, 0.1) is 24.4 Å². The molecule has 0 aromatic heterocycles. The highest BCUT2D eigenvalue weighted by Gasteiger charge is 2.28. The Morgan fingerprint density at radius 1 is 1.00 bits per heavy atom. The SMILES string of the molecule is CC(=O)C[C@@H](CC(=O)O)C(=O)NC(CCCCN)C(=O)CC[C@H](N)C(C)=O. The lowest BCUT2D eigenvalue weighted by molar-refractivity contribution is -0.142. The Kier molecular flexibility index (Phi) is 12.1. The van der Waals surface area contributed by atoms with Gasteiger partial charge >= 0.3 is 5.97 Å². The number of hydrogen-bond acceptors (Lipinski definition) is 7. The zero-order valence-corrected chi connectivity index (χ0v) is 16.0. The summed E-state index contributed by atoms with van der Waals surface area (Å²) in [6, 6.07) is -1.57. The molecule has 1 unspecified atom stereocenters. The summed E-state index contributed by atoms with van der Waals surface area (Å²) >= 11 is 0. The van der Waals surface area contributed by atoms with E-state index in [4.69, 9.17) is 16.6 Å². The molecule has 1 amide bonds. The van der Waals surface area contributed by atoms with Crippen LogP contribution in [0.4, 0.5) is 0 Å². The van der Waals surface area contributed by atoms with Crippen LogP contribution in [0.3, 0.4) is 0 Å². The van der Waals surface area contributed by atoms with E-state index in [1.807, 2.05) is 0 Å². The van der Waals surface area contributed by atoms with Crippen LogP contribution >= 0.6 is 0 Å². The number of unbranched alkanes of at least 4 members (excludes halogenated alkanes) is 1. The number of carboxylic acid groups (broad SMARTS) is 1. The second kappa shape index (κ2) is 13.1. The molecular weight excluding hydrogens is 354 g/mol. The average Bonchev–Trinajstić information content (AvgIpc) is 2.56. The van der Waals surface area contributed by atoms with Crippen LogP contribution in [0.5, 0.6) is 0 Å². The molecule has 9 nitrogen and oxygen atoms in total. The van der Waals surface area contributed by atoms with E-state index in [-0.39, 0.29) is 36.6 Å². The van der Waals surface area contributed by atoms with Crippen molar-refractivity contribution in [2.45, 2.75) is 70.9 Å². The van der Waals surface area contributed by atoms with Gasteiger partial charge in [0.1, 0.15) is 11.6 Å². The summed E-state index contributed by atoms with van der Waals surface area (Å²) in [4.78, 5) is 58.4. The first-order chi connectivity index (χ1) is 12.6. The lowest BCUT2D eigenvalue weighted by Gasteiger charge is -2.21. The van der Waals surface area contributed by atoms with Gasteiger partial charge in [0.2, 0.25) is 5.91 Å². The molecule has 3 atom stereocenters. The number of amides is 1. The van der Waals surface area contributed by atoms with Crippen LogP contribution in [-0.4, -0.2) is 53.0 Å². The first-order valence-electron chi connectivity index (χ1n) is 9.08. The van der Waals surface area contributed by atoms with Gasteiger partial charge in [0.25, 0.3) is 0 Å². The number of nitrogens with two attached hydrogens (primary N) is 2. The van der Waals surface area contributed by atoms with Crippen LogP contribution in [-0.2, 0) is 24.0 Å². The summed E-state index contributed by atoms with van der Waals surface area (Å²) in [6.45, 7) is 3.05. The molecule has 0 aliphatic heterocycles. The molecule has 0 radical (unpaired) electrons. The highest BCUT2D eigenvalue weighted by molar-refractivity contribution is 5.93.